The fraction of sp³-hybridized carbons (Fsp3) is 0.500. The highest BCUT2D eigenvalue weighted by Crippen LogP contribution is 2.31. The maximum atomic E-state index is 5.58. The van der Waals surface area contributed by atoms with E-state index in [9.17, 15) is 0 Å². The summed E-state index contributed by atoms with van der Waals surface area (Å²) < 4.78 is 0. The first kappa shape index (κ1) is 12.5. The summed E-state index contributed by atoms with van der Waals surface area (Å²) in [4.78, 5) is 2.81. The highest BCUT2D eigenvalue weighted by molar-refractivity contribution is 7.80. The summed E-state index contributed by atoms with van der Waals surface area (Å²) in [5, 5.41) is 0. The van der Waals surface area contributed by atoms with Crippen LogP contribution in [0, 0.1) is 0 Å². The van der Waals surface area contributed by atoms with Crippen LogP contribution in [0.5, 0.6) is 0 Å². The van der Waals surface area contributed by atoms with Crippen molar-refractivity contribution in [1.82, 2.24) is 4.90 Å². The van der Waals surface area contributed by atoms with Gasteiger partial charge in [-0.3, -0.25) is 4.90 Å². The fourth-order valence-electron chi connectivity index (χ4n) is 2.75. The lowest BCUT2D eigenvalue weighted by atomic mass is 9.82. The normalized spacial score (nSPS) is 19.1. The average molecular weight is 248 g/mol. The number of hydrogen-bond acceptors (Lipinski definition) is 2. The predicted molar refractivity (Wildman–Crippen MR) is 76.4 cm³/mol. The molecule has 2 rings (SSSR count). The molecule has 1 aliphatic carbocycles. The molecule has 0 spiro atoms. The van der Waals surface area contributed by atoms with Crippen molar-refractivity contribution in [1.29, 1.82) is 0 Å². The zero-order valence-electron chi connectivity index (χ0n) is 10.4. The van der Waals surface area contributed by atoms with Crippen molar-refractivity contribution in [3.05, 3.63) is 35.4 Å². The average Bonchev–Trinajstić information content (AvgIpc) is 2.28. The molecule has 0 amide bonds. The maximum absolute atomic E-state index is 5.58. The summed E-state index contributed by atoms with van der Waals surface area (Å²) in [5.41, 5.74) is 8.63. The molecule has 1 atom stereocenters. The molecule has 3 heteroatoms. The van der Waals surface area contributed by atoms with Gasteiger partial charge in [0.2, 0.25) is 0 Å². The van der Waals surface area contributed by atoms with E-state index >= 15 is 0 Å². The first-order valence-corrected chi connectivity index (χ1v) is 6.62. The maximum Gasteiger partial charge on any atom is 0.0869 e. The lowest BCUT2D eigenvalue weighted by molar-refractivity contribution is 0.333. The van der Waals surface area contributed by atoms with E-state index in [0.717, 1.165) is 6.54 Å². The number of nitrogens with two attached hydrogens (primary N) is 1. The Morgan fingerprint density at radius 3 is 3.00 bits per heavy atom. The lowest BCUT2D eigenvalue weighted by Gasteiger charge is -2.29. The van der Waals surface area contributed by atoms with Gasteiger partial charge in [0.25, 0.3) is 0 Å². The van der Waals surface area contributed by atoms with Gasteiger partial charge in [0.05, 0.1) is 4.99 Å². The molecule has 0 radical (unpaired) electrons. The monoisotopic (exact) mass is 248 g/mol. The van der Waals surface area contributed by atoms with E-state index in [2.05, 4.69) is 36.2 Å². The van der Waals surface area contributed by atoms with Gasteiger partial charge in [-0.05, 0) is 43.4 Å². The molecule has 2 N–H and O–H groups in total. The Bertz CT molecular complexity index is 403. The Labute approximate surface area is 109 Å². The smallest absolute Gasteiger partial charge is 0.0869 e. The summed E-state index contributed by atoms with van der Waals surface area (Å²) >= 11 is 4.95. The van der Waals surface area contributed by atoms with Crippen molar-refractivity contribution in [3.63, 3.8) is 0 Å². The van der Waals surface area contributed by atoms with Crippen LogP contribution in [0.4, 0.5) is 0 Å². The van der Waals surface area contributed by atoms with Crippen LogP contribution in [0.1, 0.15) is 29.9 Å². The number of fused-ring (bicyclic) bond motifs is 1. The van der Waals surface area contributed by atoms with E-state index in [4.69, 9.17) is 18.0 Å². The van der Waals surface area contributed by atoms with Gasteiger partial charge >= 0.3 is 0 Å². The molecular weight excluding hydrogens is 228 g/mol. The molecule has 1 aromatic rings. The summed E-state index contributed by atoms with van der Waals surface area (Å²) in [6.07, 6.45) is 3.80. The minimum absolute atomic E-state index is 0.580. The van der Waals surface area contributed by atoms with E-state index in [1.807, 2.05) is 0 Å². The van der Waals surface area contributed by atoms with Crippen LogP contribution < -0.4 is 5.73 Å². The van der Waals surface area contributed by atoms with Crippen LogP contribution in [0.15, 0.2) is 24.3 Å². The molecule has 0 aromatic heterocycles. The van der Waals surface area contributed by atoms with Gasteiger partial charge in [-0.1, -0.05) is 36.5 Å². The first-order chi connectivity index (χ1) is 8.16. The highest BCUT2D eigenvalue weighted by Gasteiger charge is 2.20. The molecule has 2 nitrogen and oxygen atoms in total. The van der Waals surface area contributed by atoms with E-state index in [1.165, 1.54) is 30.4 Å². The molecule has 1 aliphatic rings. The van der Waals surface area contributed by atoms with Gasteiger partial charge in [-0.25, -0.2) is 0 Å². The Hall–Kier alpha value is -0.930. The van der Waals surface area contributed by atoms with E-state index in [1.54, 1.807) is 0 Å². The van der Waals surface area contributed by atoms with Crippen LogP contribution in [0.3, 0.4) is 0 Å². The highest BCUT2D eigenvalue weighted by atomic mass is 32.1. The third-order valence-corrected chi connectivity index (χ3v) is 3.58. The standard InChI is InChI=1S/C14H20N2S/c1-16(10-14(15)17)9-12-7-4-6-11-5-2-3-8-13(11)12/h2-3,5,8,12H,4,6-7,9-10H2,1H3,(H2,15,17). The van der Waals surface area contributed by atoms with Gasteiger partial charge in [-0.2, -0.15) is 0 Å². The van der Waals surface area contributed by atoms with Gasteiger partial charge in [0.15, 0.2) is 0 Å². The summed E-state index contributed by atoms with van der Waals surface area (Å²) in [7, 11) is 2.09. The second kappa shape index (κ2) is 5.61. The summed E-state index contributed by atoms with van der Waals surface area (Å²) in [5.74, 6) is 0.638. The Balaban J connectivity index is 2.05. The van der Waals surface area contributed by atoms with Crippen molar-refractivity contribution in [2.75, 3.05) is 20.1 Å². The molecule has 17 heavy (non-hydrogen) atoms. The third-order valence-electron chi connectivity index (χ3n) is 3.45. The molecule has 0 fully saturated rings. The van der Waals surface area contributed by atoms with Crippen LogP contribution in [0.2, 0.25) is 0 Å². The topological polar surface area (TPSA) is 29.3 Å². The van der Waals surface area contributed by atoms with E-state index in [0.29, 0.717) is 17.5 Å². The molecular formula is C14H20N2S. The second-order valence-electron chi connectivity index (χ2n) is 4.95. The number of benzene rings is 1. The molecule has 1 aromatic carbocycles. The van der Waals surface area contributed by atoms with Crippen molar-refractivity contribution in [3.8, 4) is 0 Å². The minimum Gasteiger partial charge on any atom is -0.392 e. The van der Waals surface area contributed by atoms with Gasteiger partial charge in [0, 0.05) is 13.1 Å². The first-order valence-electron chi connectivity index (χ1n) is 6.21. The van der Waals surface area contributed by atoms with Crippen LogP contribution in [-0.4, -0.2) is 30.0 Å². The molecule has 92 valence electrons. The lowest BCUT2D eigenvalue weighted by Crippen LogP contribution is -2.33. The molecule has 0 bridgehead atoms. The SMILES string of the molecule is CN(CC(N)=S)CC1CCCc2ccccc21. The van der Waals surface area contributed by atoms with E-state index in [-0.39, 0.29) is 0 Å². The van der Waals surface area contributed by atoms with Crippen molar-refractivity contribution < 1.29 is 0 Å². The number of aryl methyl sites for hydroxylation is 1. The molecule has 0 heterocycles. The Morgan fingerprint density at radius 2 is 2.24 bits per heavy atom. The van der Waals surface area contributed by atoms with Gasteiger partial charge < -0.3 is 5.73 Å². The van der Waals surface area contributed by atoms with Crippen LogP contribution in [-0.2, 0) is 6.42 Å². The van der Waals surface area contributed by atoms with Crippen molar-refractivity contribution >= 4 is 17.2 Å². The Morgan fingerprint density at radius 1 is 1.47 bits per heavy atom. The number of nitrogens with zero attached hydrogens (tertiary/aromatic N) is 1. The summed E-state index contributed by atoms with van der Waals surface area (Å²) in [6, 6.07) is 8.81. The third kappa shape index (κ3) is 3.27. The Kier molecular flexibility index (Phi) is 4.13. The van der Waals surface area contributed by atoms with Gasteiger partial charge in [0.1, 0.15) is 0 Å². The zero-order valence-corrected chi connectivity index (χ0v) is 11.2. The predicted octanol–water partition coefficient (Wildman–Crippen LogP) is 2.32. The second-order valence-corrected chi connectivity index (χ2v) is 5.48. The molecule has 1 unspecified atom stereocenters. The number of thiocarbonyl (C=S) groups is 1. The minimum atomic E-state index is 0.580. The van der Waals surface area contributed by atoms with E-state index < -0.39 is 0 Å². The van der Waals surface area contributed by atoms with Crippen molar-refractivity contribution in [2.45, 2.75) is 25.2 Å². The zero-order chi connectivity index (χ0) is 12.3. The fourth-order valence-corrected chi connectivity index (χ4v) is 2.97. The molecule has 0 saturated heterocycles. The molecule has 0 aliphatic heterocycles. The largest absolute Gasteiger partial charge is 0.392 e. The van der Waals surface area contributed by atoms with Crippen LogP contribution >= 0.6 is 12.2 Å². The number of rotatable bonds is 4. The molecule has 0 saturated carbocycles. The van der Waals surface area contributed by atoms with Gasteiger partial charge in [-0.15, -0.1) is 0 Å². The van der Waals surface area contributed by atoms with Crippen molar-refractivity contribution in [2.24, 2.45) is 5.73 Å². The van der Waals surface area contributed by atoms with Crippen LogP contribution in [0.25, 0.3) is 0 Å². The quantitative estimate of drug-likeness (QED) is 0.829. The number of hydrogen-bond donors (Lipinski definition) is 1. The summed E-state index contributed by atoms with van der Waals surface area (Å²) in [6.45, 7) is 1.77. The number of likely N-dealkylation sites (N-methyl/N-ethyl adjacent to an activating group) is 1.